The van der Waals surface area contributed by atoms with Crippen molar-refractivity contribution >= 4 is 17.7 Å². The zero-order chi connectivity index (χ0) is 21.7. The zero-order valence-corrected chi connectivity index (χ0v) is 15.0. The van der Waals surface area contributed by atoms with Crippen molar-refractivity contribution in [2.45, 2.75) is 39.4 Å². The molecule has 13 heteroatoms. The number of anilines is 1. The van der Waals surface area contributed by atoms with Crippen LogP contribution in [0.1, 0.15) is 25.0 Å². The Hall–Kier alpha value is -2.86. The van der Waals surface area contributed by atoms with Crippen LogP contribution in [0.2, 0.25) is 0 Å². The molecule has 0 heterocycles. The van der Waals surface area contributed by atoms with Gasteiger partial charge in [-0.15, -0.1) is 26.3 Å². The fourth-order valence-electron chi connectivity index (χ4n) is 2.32. The normalized spacial score (nSPS) is 12.5. The van der Waals surface area contributed by atoms with E-state index in [1.165, 1.54) is 20.9 Å². The van der Waals surface area contributed by atoms with Crippen molar-refractivity contribution in [3.05, 3.63) is 17.2 Å². The minimum absolute atomic E-state index is 0.0995. The highest BCUT2D eigenvalue weighted by molar-refractivity contribution is 6.02. The predicted molar refractivity (Wildman–Crippen MR) is 88.3 cm³/mol. The van der Waals surface area contributed by atoms with Gasteiger partial charge in [0.05, 0.1) is 5.69 Å². The molecule has 0 aliphatic heterocycles. The lowest BCUT2D eigenvalue weighted by molar-refractivity contribution is -0.276. The number of urea groups is 1. The number of guanidine groups is 1. The van der Waals surface area contributed by atoms with E-state index in [9.17, 15) is 31.1 Å². The number of halogens is 6. The van der Waals surface area contributed by atoms with Crippen LogP contribution >= 0.6 is 0 Å². The van der Waals surface area contributed by atoms with Crippen molar-refractivity contribution in [3.63, 3.8) is 0 Å². The number of nitrogens with two attached hydrogens (primary N) is 1. The molecule has 28 heavy (non-hydrogen) atoms. The maximum atomic E-state index is 12.7. The molecule has 4 N–H and O–H groups in total. The first-order valence-electron chi connectivity index (χ1n) is 7.81. The van der Waals surface area contributed by atoms with Crippen LogP contribution in [-0.4, -0.2) is 31.8 Å². The molecule has 0 spiro atoms. The van der Waals surface area contributed by atoms with Gasteiger partial charge in [0.1, 0.15) is 11.5 Å². The van der Waals surface area contributed by atoms with E-state index in [0.717, 1.165) is 0 Å². The fourth-order valence-corrected chi connectivity index (χ4v) is 2.32. The van der Waals surface area contributed by atoms with Crippen LogP contribution in [0.3, 0.4) is 0 Å². The Morgan fingerprint density at radius 3 is 1.79 bits per heavy atom. The summed E-state index contributed by atoms with van der Waals surface area (Å²) in [6.45, 7) is 2.88. The lowest BCUT2D eigenvalue weighted by Gasteiger charge is -2.23. The van der Waals surface area contributed by atoms with Gasteiger partial charge in [0, 0.05) is 24.2 Å². The van der Waals surface area contributed by atoms with E-state index in [-0.39, 0.29) is 35.6 Å². The van der Waals surface area contributed by atoms with Crippen molar-refractivity contribution in [1.29, 1.82) is 0 Å². The van der Waals surface area contributed by atoms with Crippen LogP contribution in [0, 0.1) is 0 Å². The molecule has 0 aromatic heterocycles. The first kappa shape index (κ1) is 23.2. The molecule has 0 fully saturated rings. The van der Waals surface area contributed by atoms with E-state index >= 15 is 0 Å². The number of aliphatic imine (C=N–C) groups is 1. The number of rotatable bonds is 5. The average Bonchev–Trinajstić information content (AvgIpc) is 2.51. The van der Waals surface area contributed by atoms with Crippen LogP contribution in [0.4, 0.5) is 36.8 Å². The molecule has 2 amide bonds. The third kappa shape index (κ3) is 6.70. The number of amides is 2. The molecule has 0 atom stereocenters. The summed E-state index contributed by atoms with van der Waals surface area (Å²) in [6, 6.07) is -0.529. The summed E-state index contributed by atoms with van der Waals surface area (Å²) >= 11 is 0. The maximum Gasteiger partial charge on any atom is 0.573 e. The van der Waals surface area contributed by atoms with Gasteiger partial charge >= 0.3 is 18.8 Å². The third-order valence-corrected chi connectivity index (χ3v) is 3.34. The van der Waals surface area contributed by atoms with Crippen molar-refractivity contribution in [2.75, 3.05) is 12.4 Å². The van der Waals surface area contributed by atoms with E-state index in [2.05, 4.69) is 25.1 Å². The van der Waals surface area contributed by atoms with Gasteiger partial charge in [0.15, 0.2) is 5.96 Å². The van der Waals surface area contributed by atoms with Gasteiger partial charge in [-0.1, -0.05) is 13.8 Å². The molecule has 1 rings (SSSR count). The van der Waals surface area contributed by atoms with Crippen molar-refractivity contribution in [1.82, 2.24) is 5.32 Å². The highest BCUT2D eigenvalue weighted by Crippen LogP contribution is 2.42. The number of nitrogens with one attached hydrogen (secondary N) is 2. The summed E-state index contributed by atoms with van der Waals surface area (Å²) in [5.41, 5.74) is 4.66. The van der Waals surface area contributed by atoms with Crippen LogP contribution in [0.5, 0.6) is 11.5 Å². The number of ether oxygens (including phenoxy) is 2. The highest BCUT2D eigenvalue weighted by atomic mass is 19.4. The standard InChI is InChI=1S/C15H18F6N4O3/c1-4-7-9(27-14(16,17)18)6-10(28-15(19,20)21)8(5-2)11(7)24-13(26)25-12(22)23-3/h6H,4-5H2,1-3H3,(H4,22,23,24,25,26). The number of hydrogen-bond donors (Lipinski definition) is 3. The Labute approximate surface area is 155 Å². The number of hydrogen-bond acceptors (Lipinski definition) is 4. The monoisotopic (exact) mass is 416 g/mol. The Bertz CT molecular complexity index is 705. The Kier molecular flexibility index (Phi) is 7.36. The summed E-state index contributed by atoms with van der Waals surface area (Å²) in [5.74, 6) is -2.18. The summed E-state index contributed by atoms with van der Waals surface area (Å²) in [4.78, 5) is 15.5. The summed E-state index contributed by atoms with van der Waals surface area (Å²) < 4.78 is 83.9. The van der Waals surface area contributed by atoms with E-state index in [1.54, 1.807) is 0 Å². The summed E-state index contributed by atoms with van der Waals surface area (Å²) in [5, 5.41) is 4.26. The number of nitrogens with zero attached hydrogens (tertiary/aromatic N) is 1. The quantitative estimate of drug-likeness (QED) is 0.388. The van der Waals surface area contributed by atoms with Gasteiger partial charge in [0.2, 0.25) is 0 Å². The van der Waals surface area contributed by atoms with E-state index < -0.39 is 30.3 Å². The Morgan fingerprint density at radius 1 is 1.04 bits per heavy atom. The molecule has 0 bridgehead atoms. The largest absolute Gasteiger partial charge is 0.573 e. The van der Waals surface area contributed by atoms with Crippen molar-refractivity contribution in [3.8, 4) is 11.5 Å². The molecule has 7 nitrogen and oxygen atoms in total. The molecule has 158 valence electrons. The zero-order valence-electron chi connectivity index (χ0n) is 15.0. The minimum atomic E-state index is -5.17. The van der Waals surface area contributed by atoms with Gasteiger partial charge in [0.25, 0.3) is 0 Å². The molecule has 0 aliphatic carbocycles. The molecule has 0 aliphatic rings. The fraction of sp³-hybridized carbons (Fsp3) is 0.467. The van der Waals surface area contributed by atoms with Gasteiger partial charge < -0.3 is 20.5 Å². The molecule has 0 unspecified atom stereocenters. The first-order chi connectivity index (χ1) is 12.8. The molecule has 1 aromatic carbocycles. The third-order valence-electron chi connectivity index (χ3n) is 3.34. The van der Waals surface area contributed by atoms with Crippen molar-refractivity contribution < 1.29 is 40.6 Å². The molecule has 0 saturated heterocycles. The summed E-state index contributed by atoms with van der Waals surface area (Å²) in [7, 11) is 1.26. The minimum Gasteiger partial charge on any atom is -0.405 e. The predicted octanol–water partition coefficient (Wildman–Crippen LogP) is 3.67. The number of benzene rings is 1. The number of carbonyl (C=O) groups is 1. The molecular weight excluding hydrogens is 398 g/mol. The second-order valence-electron chi connectivity index (χ2n) is 5.20. The molecule has 0 saturated carbocycles. The lowest BCUT2D eigenvalue weighted by atomic mass is 10.0. The van der Waals surface area contributed by atoms with E-state index in [1.807, 2.05) is 0 Å². The van der Waals surface area contributed by atoms with Crippen LogP contribution < -0.4 is 25.8 Å². The molecule has 1 aromatic rings. The first-order valence-corrected chi connectivity index (χ1v) is 7.81. The average molecular weight is 416 g/mol. The van der Waals surface area contributed by atoms with Gasteiger partial charge in [-0.25, -0.2) is 4.79 Å². The van der Waals surface area contributed by atoms with Gasteiger partial charge in [-0.05, 0) is 12.8 Å². The van der Waals surface area contributed by atoms with Crippen LogP contribution in [0.25, 0.3) is 0 Å². The Balaban J connectivity index is 3.59. The van der Waals surface area contributed by atoms with Crippen LogP contribution in [-0.2, 0) is 12.8 Å². The van der Waals surface area contributed by atoms with Gasteiger partial charge in [-0.3, -0.25) is 10.3 Å². The topological polar surface area (TPSA) is 98.0 Å². The smallest absolute Gasteiger partial charge is 0.405 e. The van der Waals surface area contributed by atoms with Crippen molar-refractivity contribution in [2.24, 2.45) is 10.7 Å². The summed E-state index contributed by atoms with van der Waals surface area (Å²) in [6.07, 6.45) is -10.5. The maximum absolute atomic E-state index is 12.7. The molecular formula is C15H18F6N4O3. The van der Waals surface area contributed by atoms with E-state index in [4.69, 9.17) is 5.73 Å². The van der Waals surface area contributed by atoms with E-state index in [0.29, 0.717) is 6.07 Å². The lowest BCUT2D eigenvalue weighted by Crippen LogP contribution is -2.39. The van der Waals surface area contributed by atoms with Gasteiger partial charge in [-0.2, -0.15) is 0 Å². The SMILES string of the molecule is CCc1c(OC(F)(F)F)cc(OC(F)(F)F)c(CC)c1NC(=O)NC(N)=NC. The Morgan fingerprint density at radius 2 is 1.46 bits per heavy atom. The molecule has 0 radical (unpaired) electrons. The second-order valence-corrected chi connectivity index (χ2v) is 5.20. The number of alkyl halides is 6. The highest BCUT2D eigenvalue weighted by Gasteiger charge is 2.36. The number of carbonyl (C=O) groups excluding carboxylic acids is 1. The second kappa shape index (κ2) is 8.89. The van der Waals surface area contributed by atoms with Crippen LogP contribution in [0.15, 0.2) is 11.1 Å².